The van der Waals surface area contributed by atoms with E-state index in [2.05, 4.69) is 33.7 Å². The Labute approximate surface area is 96.8 Å². The standard InChI is InChI=1S/C13H19N3/c1-2-11(10-16-8-6-14-7-9-16)12-4-5-15-13(12)3-1/h1-3,14-15H,4-10H2. The molecule has 2 N–H and O–H groups in total. The fourth-order valence-electron chi connectivity index (χ4n) is 2.68. The largest absolute Gasteiger partial charge is 0.384 e. The highest BCUT2D eigenvalue weighted by molar-refractivity contribution is 5.58. The van der Waals surface area contributed by atoms with Crippen LogP contribution >= 0.6 is 0 Å². The molecule has 0 radical (unpaired) electrons. The van der Waals surface area contributed by atoms with Crippen LogP contribution in [0.1, 0.15) is 11.1 Å². The van der Waals surface area contributed by atoms with E-state index in [1.165, 1.54) is 30.8 Å². The summed E-state index contributed by atoms with van der Waals surface area (Å²) in [5, 5.41) is 6.85. The van der Waals surface area contributed by atoms with Crippen molar-refractivity contribution >= 4 is 5.69 Å². The minimum Gasteiger partial charge on any atom is -0.384 e. The molecule has 2 aliphatic rings. The third-order valence-corrected chi connectivity index (χ3v) is 3.57. The molecule has 3 rings (SSSR count). The summed E-state index contributed by atoms with van der Waals surface area (Å²) in [6.07, 6.45) is 1.19. The predicted molar refractivity (Wildman–Crippen MR) is 66.8 cm³/mol. The zero-order chi connectivity index (χ0) is 10.8. The molecule has 16 heavy (non-hydrogen) atoms. The van der Waals surface area contributed by atoms with Crippen LogP contribution in [0.25, 0.3) is 0 Å². The van der Waals surface area contributed by atoms with Gasteiger partial charge in [0.15, 0.2) is 0 Å². The molecule has 2 aliphatic heterocycles. The molecule has 0 aromatic heterocycles. The second-order valence-electron chi connectivity index (χ2n) is 4.65. The van der Waals surface area contributed by atoms with Gasteiger partial charge in [-0.3, -0.25) is 4.90 Å². The first-order chi connectivity index (χ1) is 7.93. The van der Waals surface area contributed by atoms with Crippen LogP contribution in [0.15, 0.2) is 18.2 Å². The average Bonchev–Trinajstić information content (AvgIpc) is 2.80. The molecule has 3 heteroatoms. The molecule has 2 heterocycles. The summed E-state index contributed by atoms with van der Waals surface area (Å²) in [4.78, 5) is 2.55. The van der Waals surface area contributed by atoms with Crippen molar-refractivity contribution in [2.45, 2.75) is 13.0 Å². The highest BCUT2D eigenvalue weighted by Crippen LogP contribution is 2.26. The normalized spacial score (nSPS) is 20.5. The molecule has 1 fully saturated rings. The fourth-order valence-corrected chi connectivity index (χ4v) is 2.68. The van der Waals surface area contributed by atoms with Crippen molar-refractivity contribution in [1.82, 2.24) is 10.2 Å². The van der Waals surface area contributed by atoms with Crippen LogP contribution in [0.5, 0.6) is 0 Å². The smallest absolute Gasteiger partial charge is 0.0376 e. The summed E-state index contributed by atoms with van der Waals surface area (Å²) < 4.78 is 0. The maximum atomic E-state index is 3.45. The Morgan fingerprint density at radius 3 is 2.88 bits per heavy atom. The number of anilines is 1. The summed E-state index contributed by atoms with van der Waals surface area (Å²) in [6, 6.07) is 6.66. The van der Waals surface area contributed by atoms with Crippen LogP contribution in [-0.2, 0) is 13.0 Å². The lowest BCUT2D eigenvalue weighted by atomic mass is 10.0. The van der Waals surface area contributed by atoms with Gasteiger partial charge in [0.05, 0.1) is 0 Å². The number of benzene rings is 1. The van der Waals surface area contributed by atoms with E-state index in [1.807, 2.05) is 0 Å². The lowest BCUT2D eigenvalue weighted by molar-refractivity contribution is 0.233. The van der Waals surface area contributed by atoms with Crippen LogP contribution in [0, 0.1) is 0 Å². The number of nitrogens with zero attached hydrogens (tertiary/aromatic N) is 1. The Morgan fingerprint density at radius 2 is 2.00 bits per heavy atom. The molecule has 0 atom stereocenters. The van der Waals surface area contributed by atoms with E-state index in [4.69, 9.17) is 0 Å². The molecule has 0 unspecified atom stereocenters. The zero-order valence-corrected chi connectivity index (χ0v) is 9.63. The molecular formula is C13H19N3. The second kappa shape index (κ2) is 4.44. The maximum absolute atomic E-state index is 3.45. The minimum atomic E-state index is 1.11. The van der Waals surface area contributed by atoms with Gasteiger partial charge in [0.25, 0.3) is 0 Å². The van der Waals surface area contributed by atoms with Gasteiger partial charge in [0.2, 0.25) is 0 Å². The average molecular weight is 217 g/mol. The van der Waals surface area contributed by atoms with Crippen LogP contribution in [0.4, 0.5) is 5.69 Å². The number of piperazine rings is 1. The van der Waals surface area contributed by atoms with Gasteiger partial charge in [-0.15, -0.1) is 0 Å². The lowest BCUT2D eigenvalue weighted by Crippen LogP contribution is -2.43. The van der Waals surface area contributed by atoms with Crippen molar-refractivity contribution in [3.8, 4) is 0 Å². The number of rotatable bonds is 2. The number of fused-ring (bicyclic) bond motifs is 1. The topological polar surface area (TPSA) is 27.3 Å². The maximum Gasteiger partial charge on any atom is 0.0376 e. The summed E-state index contributed by atoms with van der Waals surface area (Å²) in [6.45, 7) is 6.84. The van der Waals surface area contributed by atoms with Crippen molar-refractivity contribution in [3.05, 3.63) is 29.3 Å². The molecule has 0 amide bonds. The summed E-state index contributed by atoms with van der Waals surface area (Å²) in [5.41, 5.74) is 4.41. The van der Waals surface area contributed by atoms with Gasteiger partial charge in [-0.1, -0.05) is 12.1 Å². The molecule has 1 aromatic rings. The molecule has 3 nitrogen and oxygen atoms in total. The number of nitrogens with one attached hydrogen (secondary N) is 2. The SMILES string of the molecule is c1cc(CN2CCNCC2)c2c(c1)NCC2. The van der Waals surface area contributed by atoms with Crippen LogP contribution in [-0.4, -0.2) is 37.6 Å². The lowest BCUT2D eigenvalue weighted by Gasteiger charge is -2.27. The van der Waals surface area contributed by atoms with E-state index >= 15 is 0 Å². The van der Waals surface area contributed by atoms with Crippen molar-refractivity contribution in [2.75, 3.05) is 38.0 Å². The molecule has 0 saturated carbocycles. The minimum absolute atomic E-state index is 1.11. The first kappa shape index (κ1) is 10.1. The van der Waals surface area contributed by atoms with Crippen molar-refractivity contribution < 1.29 is 0 Å². The Balaban J connectivity index is 1.76. The summed E-state index contributed by atoms with van der Waals surface area (Å²) >= 11 is 0. The fraction of sp³-hybridized carbons (Fsp3) is 0.538. The molecule has 0 spiro atoms. The third kappa shape index (κ3) is 1.93. The monoisotopic (exact) mass is 217 g/mol. The van der Waals surface area contributed by atoms with E-state index < -0.39 is 0 Å². The van der Waals surface area contributed by atoms with Crippen molar-refractivity contribution in [1.29, 1.82) is 0 Å². The molecule has 1 aromatic carbocycles. The number of hydrogen-bond donors (Lipinski definition) is 2. The molecular weight excluding hydrogens is 198 g/mol. The molecule has 0 aliphatic carbocycles. The van der Waals surface area contributed by atoms with E-state index in [9.17, 15) is 0 Å². The summed E-state index contributed by atoms with van der Waals surface area (Å²) in [7, 11) is 0. The Kier molecular flexibility index (Phi) is 2.80. The third-order valence-electron chi connectivity index (χ3n) is 3.57. The van der Waals surface area contributed by atoms with E-state index in [0.717, 1.165) is 26.2 Å². The van der Waals surface area contributed by atoms with Crippen LogP contribution in [0.2, 0.25) is 0 Å². The van der Waals surface area contributed by atoms with Gasteiger partial charge >= 0.3 is 0 Å². The highest BCUT2D eigenvalue weighted by atomic mass is 15.2. The van der Waals surface area contributed by atoms with Gasteiger partial charge in [-0.05, 0) is 23.6 Å². The first-order valence-corrected chi connectivity index (χ1v) is 6.21. The summed E-state index contributed by atoms with van der Waals surface area (Å²) in [5.74, 6) is 0. The second-order valence-corrected chi connectivity index (χ2v) is 4.65. The van der Waals surface area contributed by atoms with Gasteiger partial charge in [-0.25, -0.2) is 0 Å². The predicted octanol–water partition coefficient (Wildman–Crippen LogP) is 1.06. The Bertz CT molecular complexity index is 369. The molecule has 1 saturated heterocycles. The van der Waals surface area contributed by atoms with Crippen molar-refractivity contribution in [3.63, 3.8) is 0 Å². The van der Waals surface area contributed by atoms with Crippen LogP contribution in [0.3, 0.4) is 0 Å². The van der Waals surface area contributed by atoms with E-state index in [1.54, 1.807) is 5.56 Å². The Morgan fingerprint density at radius 1 is 1.12 bits per heavy atom. The molecule has 0 bridgehead atoms. The van der Waals surface area contributed by atoms with Crippen molar-refractivity contribution in [2.24, 2.45) is 0 Å². The quantitative estimate of drug-likeness (QED) is 0.775. The van der Waals surface area contributed by atoms with Gasteiger partial charge < -0.3 is 10.6 Å². The highest BCUT2D eigenvalue weighted by Gasteiger charge is 2.16. The van der Waals surface area contributed by atoms with Gasteiger partial charge in [0.1, 0.15) is 0 Å². The molecule has 86 valence electrons. The zero-order valence-electron chi connectivity index (χ0n) is 9.63. The Hall–Kier alpha value is -1.06. The van der Waals surface area contributed by atoms with Crippen LogP contribution < -0.4 is 10.6 Å². The first-order valence-electron chi connectivity index (χ1n) is 6.21. The van der Waals surface area contributed by atoms with E-state index in [-0.39, 0.29) is 0 Å². The number of hydrogen-bond acceptors (Lipinski definition) is 3. The van der Waals surface area contributed by atoms with E-state index in [0.29, 0.717) is 0 Å². The van der Waals surface area contributed by atoms with Gasteiger partial charge in [-0.2, -0.15) is 0 Å². The van der Waals surface area contributed by atoms with Gasteiger partial charge in [0, 0.05) is 45.0 Å².